The van der Waals surface area contributed by atoms with Crippen LogP contribution in [0.5, 0.6) is 0 Å². The fourth-order valence-electron chi connectivity index (χ4n) is 8.92. The molecule has 0 aromatic carbocycles. The van der Waals surface area contributed by atoms with Gasteiger partial charge in [0.05, 0.1) is 196 Å². The maximum atomic E-state index is 11.8. The molecule has 140 heavy (non-hydrogen) atoms. The quantitative estimate of drug-likeness (QED) is 0.0211. The maximum Gasteiger partial charge on any atom is 0.311 e. The van der Waals surface area contributed by atoms with Crippen molar-refractivity contribution >= 4 is 49.8 Å². The summed E-state index contributed by atoms with van der Waals surface area (Å²) in [6, 6.07) is 0. The van der Waals surface area contributed by atoms with Crippen LogP contribution in [0.4, 0.5) is 0 Å². The van der Waals surface area contributed by atoms with Crippen molar-refractivity contribution in [2.24, 2.45) is 81.2 Å². The largest absolute Gasteiger partial charge is 0.465 e. The van der Waals surface area contributed by atoms with Crippen LogP contribution in [0.3, 0.4) is 0 Å². The Bertz CT molecular complexity index is 3290. The lowest BCUT2D eigenvalue weighted by atomic mass is 9.88. The second kappa shape index (κ2) is 74.2. The molecule has 0 aromatic heterocycles. The predicted octanol–water partition coefficient (Wildman–Crippen LogP) is 5.21. The number of carbonyl (C=O) groups is 5. The Hall–Kier alpha value is -3.75. The Morgan fingerprint density at radius 1 is 0.314 bits per heavy atom. The van der Waals surface area contributed by atoms with Gasteiger partial charge in [0.2, 0.25) is 31.9 Å². The summed E-state index contributed by atoms with van der Waals surface area (Å²) in [6.07, 6.45) is 3.03. The molecule has 0 saturated heterocycles. The highest BCUT2D eigenvalue weighted by Crippen LogP contribution is 2.29. The lowest BCUT2D eigenvalue weighted by molar-refractivity contribution is -0.159. The standard InChI is InChI=1S/C12H26O3.C11H22O4.2C11H24O3.C10H20O4.2C9H21NO4S.2C9H19NO3.C8H16O4/c1-5-12(8-13,9-14)10-15-7-6-11(2,3)4;1-5-11(6-12,7-13)8-15-9(14)10(2,3)4;1-10(2,3)5-6-14-9-11(4,7-12)8-13;1-5-11(6-12,7-13)9-14-8-10(2,3)4;1-9(2,3)8(13)14-7-10(4,5-11)6-12;1-8(2,3)7-15(13,14)10-9(4,5-11)6-12;1-9(2,3)8-15(13,14)10(4-6-11)5-7-12;1-8(2,3)7(13)10-9(4,5-11)6-12;1-9(2,3)8(13)10(4-6-11)5-7-12;1-8(2,3)7(11)12-5-6(10)4-9/h13-14H,5-10H2,1-4H3;12-13H,5-8H2,1-4H3;2*12-13H,5-9H2,1-4H3;11-12H,5-7H2,1-4H3;10-12H,5-7H2,1-4H3;11-12H,4-8H2,1-3H3;11-12H,5-6H2,1-4H3,(H,10,13);11-12H,4-7H2,1-3H3;6,9-10H,4-5H2,1-3H3. The van der Waals surface area contributed by atoms with Crippen molar-refractivity contribution in [2.75, 3.05) is 223 Å². The van der Waals surface area contributed by atoms with Crippen molar-refractivity contribution in [1.29, 1.82) is 0 Å². The highest BCUT2D eigenvalue weighted by atomic mass is 32.2. The molecule has 0 aromatic rings. The van der Waals surface area contributed by atoms with Gasteiger partial charge in [0, 0.05) is 71.9 Å². The minimum absolute atomic E-state index is 0.0139. The van der Waals surface area contributed by atoms with E-state index in [0.29, 0.717) is 46.1 Å². The first kappa shape index (κ1) is 156. The maximum absolute atomic E-state index is 11.8. The molecule has 1 unspecified atom stereocenters. The van der Waals surface area contributed by atoms with Gasteiger partial charge in [-0.15, -0.1) is 0 Å². The number of nitrogens with zero attached hydrogens (tertiary/aromatic N) is 2. The zero-order chi connectivity index (χ0) is 113. The topological polar surface area (TPSA) is 644 Å². The molecule has 0 spiro atoms. The molecule has 0 radical (unpaired) electrons. The Labute approximate surface area is 845 Å². The second-order valence-corrected chi connectivity index (χ2v) is 52.1. The SMILES string of the molecule is CC(C)(C)C(=O)N(CCO)CCO.CC(C)(C)C(=O)OCC(O)CO.CC(C)(C)CCOCC(C)(CO)CO.CC(C)(C)CS(=O)(=O)N(CCO)CCO.CC(C)(C)CS(=O)(=O)NC(C)(CO)CO.CC(CO)(CO)COC(=O)C(C)(C)C.CC(CO)(CO)NC(=O)C(C)(C)C.CCC(CO)(CO)COC(=O)C(C)(C)C.CCC(CO)(CO)COCC(C)(C)C.CCC(CO)(CO)COCCC(C)(C)C. The number of nitrogens with one attached hydrogen (secondary N) is 2. The zero-order valence-electron chi connectivity index (χ0n) is 93.9. The molecule has 41 heteroatoms. The number of rotatable bonds is 49. The number of carbonyl (C=O) groups excluding carboxylic acids is 5. The lowest BCUT2D eigenvalue weighted by Crippen LogP contribution is -2.54. The summed E-state index contributed by atoms with van der Waals surface area (Å²) in [4.78, 5) is 58.5. The van der Waals surface area contributed by atoms with Crippen molar-refractivity contribution in [3.8, 4) is 0 Å². The predicted molar refractivity (Wildman–Crippen MR) is 548 cm³/mol. The summed E-state index contributed by atoms with van der Waals surface area (Å²) < 4.78 is 81.6. The van der Waals surface area contributed by atoms with E-state index in [4.69, 9.17) is 120 Å². The number of amides is 2. The molecule has 0 aliphatic rings. The van der Waals surface area contributed by atoms with Gasteiger partial charge < -0.3 is 141 Å². The summed E-state index contributed by atoms with van der Waals surface area (Å²) in [5.74, 6) is -1.29. The van der Waals surface area contributed by atoms with Gasteiger partial charge in [0.15, 0.2) is 0 Å². The van der Waals surface area contributed by atoms with E-state index in [9.17, 15) is 51.0 Å². The summed E-state index contributed by atoms with van der Waals surface area (Å²) in [5.41, 5.74) is -7.65. The van der Waals surface area contributed by atoms with E-state index in [1.54, 1.807) is 96.9 Å². The molecule has 39 nitrogen and oxygen atoms in total. The fraction of sp³-hybridized carbons (Fsp3) is 0.949. The van der Waals surface area contributed by atoms with Gasteiger partial charge >= 0.3 is 17.9 Å². The number of hydrogen-bond acceptors (Lipinski definition) is 35. The summed E-state index contributed by atoms with van der Waals surface area (Å²) in [6.45, 7) is 69.5. The Morgan fingerprint density at radius 2 is 0.614 bits per heavy atom. The Balaban J connectivity index is -0.000000168. The van der Waals surface area contributed by atoms with Crippen LogP contribution in [0, 0.1) is 81.2 Å². The highest BCUT2D eigenvalue weighted by molar-refractivity contribution is 7.89. The minimum atomic E-state index is -3.49. The van der Waals surface area contributed by atoms with Crippen molar-refractivity contribution in [2.45, 2.75) is 305 Å². The van der Waals surface area contributed by atoms with E-state index in [0.717, 1.165) is 30.0 Å². The van der Waals surface area contributed by atoms with Crippen LogP contribution < -0.4 is 10.0 Å². The number of esters is 3. The van der Waals surface area contributed by atoms with E-state index in [1.165, 1.54) is 11.8 Å². The van der Waals surface area contributed by atoms with Gasteiger partial charge in [-0.3, -0.25) is 24.0 Å². The average molecular weight is 2080 g/mol. The molecule has 0 fully saturated rings. The molecule has 0 bridgehead atoms. The number of hydrogen-bond donors (Lipinski definition) is 22. The first-order chi connectivity index (χ1) is 63.0. The van der Waals surface area contributed by atoms with E-state index in [-0.39, 0.29) is 220 Å². The summed E-state index contributed by atoms with van der Waals surface area (Å²) in [5, 5.41) is 181. The average Bonchev–Trinajstić information content (AvgIpc) is 0.840. The molecule has 22 N–H and O–H groups in total. The van der Waals surface area contributed by atoms with E-state index in [2.05, 4.69) is 72.4 Å². The molecule has 2 amide bonds. The van der Waals surface area contributed by atoms with Crippen molar-refractivity contribution in [1.82, 2.24) is 19.2 Å². The van der Waals surface area contributed by atoms with E-state index in [1.807, 2.05) is 90.0 Å². The first-order valence-electron chi connectivity index (χ1n) is 48.1. The molecule has 0 rings (SSSR count). The second-order valence-electron chi connectivity index (χ2n) is 48.4. The zero-order valence-corrected chi connectivity index (χ0v) is 95.6. The molecule has 0 saturated carbocycles. The van der Waals surface area contributed by atoms with Crippen molar-refractivity contribution < 1.29 is 171 Å². The van der Waals surface area contributed by atoms with Crippen LogP contribution in [0.2, 0.25) is 0 Å². The molecule has 850 valence electrons. The van der Waals surface area contributed by atoms with Gasteiger partial charge in [-0.05, 0) is 135 Å². The lowest BCUT2D eigenvalue weighted by Gasteiger charge is -2.30. The van der Waals surface area contributed by atoms with Crippen LogP contribution in [0.1, 0.15) is 288 Å². The van der Waals surface area contributed by atoms with Crippen molar-refractivity contribution in [3.63, 3.8) is 0 Å². The third-order valence-corrected chi connectivity index (χ3v) is 24.4. The minimum Gasteiger partial charge on any atom is -0.465 e. The third-order valence-electron chi connectivity index (χ3n) is 20.0. The summed E-state index contributed by atoms with van der Waals surface area (Å²) in [7, 11) is -6.88. The Kier molecular flexibility index (Phi) is 82.9. The van der Waals surface area contributed by atoms with E-state index < -0.39 is 111 Å². The number of ether oxygens (including phenoxy) is 6. The third kappa shape index (κ3) is 85.2. The van der Waals surface area contributed by atoms with Crippen LogP contribution in [0.15, 0.2) is 0 Å². The molecule has 1 atom stereocenters. The fourth-order valence-corrected chi connectivity index (χ4v) is 13.0. The molecule has 0 heterocycles. The van der Waals surface area contributed by atoms with Gasteiger partial charge in [-0.25, -0.2) is 21.6 Å². The van der Waals surface area contributed by atoms with Crippen LogP contribution in [-0.2, 0) is 72.4 Å². The van der Waals surface area contributed by atoms with Gasteiger partial charge in [-0.2, -0.15) is 4.31 Å². The van der Waals surface area contributed by atoms with Gasteiger partial charge in [0.25, 0.3) is 0 Å². The monoisotopic (exact) mass is 2080 g/mol. The highest BCUT2D eigenvalue weighted by Gasteiger charge is 2.38. The van der Waals surface area contributed by atoms with Crippen LogP contribution in [-0.4, -0.2) is 398 Å². The molecule has 0 aliphatic heterocycles. The Morgan fingerprint density at radius 3 is 0.871 bits per heavy atom. The number of sulfonamides is 2. The normalized spacial score (nSPS) is 13.1. The van der Waals surface area contributed by atoms with Crippen LogP contribution in [0.25, 0.3) is 0 Å². The summed E-state index contributed by atoms with van der Waals surface area (Å²) >= 11 is 0. The number of aliphatic hydroxyl groups is 20. The van der Waals surface area contributed by atoms with Crippen molar-refractivity contribution in [3.05, 3.63) is 0 Å². The number of aliphatic hydroxyl groups excluding tert-OH is 20. The molecular weight excluding hydrogens is 1870 g/mol. The van der Waals surface area contributed by atoms with Gasteiger partial charge in [-0.1, -0.05) is 180 Å². The van der Waals surface area contributed by atoms with Crippen LogP contribution >= 0.6 is 0 Å². The molecule has 0 aliphatic carbocycles. The van der Waals surface area contributed by atoms with E-state index >= 15 is 0 Å². The molecular formula is C99H212N4O35S2. The van der Waals surface area contributed by atoms with Gasteiger partial charge in [0.1, 0.15) is 25.9 Å². The first-order valence-corrected chi connectivity index (χ1v) is 51.4. The smallest absolute Gasteiger partial charge is 0.311 e.